The average Bonchev–Trinajstić information content (AvgIpc) is 2.26. The first-order chi connectivity index (χ1) is 8.72. The van der Waals surface area contributed by atoms with Crippen LogP contribution in [-0.4, -0.2) is 56.6 Å². The maximum Gasteiger partial charge on any atom is 0.211 e. The van der Waals surface area contributed by atoms with Crippen LogP contribution in [0.5, 0.6) is 0 Å². The van der Waals surface area contributed by atoms with E-state index in [1.54, 1.807) is 4.31 Å². The predicted octanol–water partition coefficient (Wildman–Crippen LogP) is 1.64. The third-order valence-corrected chi connectivity index (χ3v) is 6.36. The van der Waals surface area contributed by atoms with E-state index in [1.807, 2.05) is 0 Å². The highest BCUT2D eigenvalue weighted by atomic mass is 32.2. The lowest BCUT2D eigenvalue weighted by Crippen LogP contribution is -2.61. The molecule has 2 rings (SSSR count). The van der Waals surface area contributed by atoms with Crippen LogP contribution in [0.3, 0.4) is 0 Å². The Morgan fingerprint density at radius 1 is 1.11 bits per heavy atom. The molecule has 0 aromatic rings. The van der Waals surface area contributed by atoms with Crippen LogP contribution in [-0.2, 0) is 10.0 Å². The fraction of sp³-hybridized carbons (Fsp3) is 1.00. The molecule has 1 atom stereocenters. The Morgan fingerprint density at radius 3 is 2.05 bits per heavy atom. The van der Waals surface area contributed by atoms with Crippen molar-refractivity contribution in [3.8, 4) is 0 Å². The van der Waals surface area contributed by atoms with Crippen molar-refractivity contribution in [2.75, 3.05) is 39.0 Å². The molecule has 0 bridgehead atoms. The Labute approximate surface area is 118 Å². The van der Waals surface area contributed by atoms with Crippen molar-refractivity contribution < 1.29 is 8.42 Å². The van der Waals surface area contributed by atoms with Gasteiger partial charge in [0, 0.05) is 32.7 Å². The highest BCUT2D eigenvalue weighted by Gasteiger charge is 2.45. The lowest BCUT2D eigenvalue weighted by Gasteiger charge is -2.54. The van der Waals surface area contributed by atoms with E-state index in [-0.39, 0.29) is 0 Å². The second-order valence-corrected chi connectivity index (χ2v) is 9.04. The predicted molar refractivity (Wildman–Crippen MR) is 78.5 cm³/mol. The van der Waals surface area contributed by atoms with Gasteiger partial charge in [-0.15, -0.1) is 0 Å². The Hall–Kier alpha value is -0.130. The molecule has 0 saturated carbocycles. The minimum atomic E-state index is -2.98. The van der Waals surface area contributed by atoms with Crippen molar-refractivity contribution in [2.45, 2.75) is 33.6 Å². The van der Waals surface area contributed by atoms with Crippen LogP contribution in [0.15, 0.2) is 0 Å². The molecule has 19 heavy (non-hydrogen) atoms. The van der Waals surface area contributed by atoms with Crippen molar-refractivity contribution in [1.82, 2.24) is 9.21 Å². The molecular weight excluding hydrogens is 260 g/mol. The molecule has 0 radical (unpaired) electrons. The molecule has 0 amide bonds. The molecule has 0 aromatic heterocycles. The third-order valence-electron chi connectivity index (χ3n) is 5.05. The van der Waals surface area contributed by atoms with E-state index >= 15 is 0 Å². The van der Waals surface area contributed by atoms with Crippen LogP contribution in [0.25, 0.3) is 0 Å². The Morgan fingerprint density at radius 2 is 1.63 bits per heavy atom. The largest absolute Gasteiger partial charge is 0.302 e. The first-order valence-electron chi connectivity index (χ1n) is 7.39. The van der Waals surface area contributed by atoms with Gasteiger partial charge < -0.3 is 4.90 Å². The second kappa shape index (κ2) is 5.34. The van der Waals surface area contributed by atoms with Crippen molar-refractivity contribution in [3.05, 3.63) is 0 Å². The number of likely N-dealkylation sites (tertiary alicyclic amines) is 1. The van der Waals surface area contributed by atoms with E-state index in [9.17, 15) is 8.42 Å². The summed E-state index contributed by atoms with van der Waals surface area (Å²) >= 11 is 0. The number of nitrogens with zero attached hydrogens (tertiary/aromatic N) is 2. The maximum atomic E-state index is 11.5. The van der Waals surface area contributed by atoms with Crippen LogP contribution in [0, 0.1) is 17.3 Å². The molecule has 0 aliphatic carbocycles. The summed E-state index contributed by atoms with van der Waals surface area (Å²) in [5.74, 6) is 1.48. The summed E-state index contributed by atoms with van der Waals surface area (Å²) in [6, 6.07) is 0. The summed E-state index contributed by atoms with van der Waals surface area (Å²) in [4.78, 5) is 2.54. The second-order valence-electron chi connectivity index (χ2n) is 7.05. The van der Waals surface area contributed by atoms with E-state index < -0.39 is 10.0 Å². The van der Waals surface area contributed by atoms with Gasteiger partial charge in [-0.25, -0.2) is 12.7 Å². The molecule has 0 N–H and O–H groups in total. The number of hydrogen-bond acceptors (Lipinski definition) is 3. The lowest BCUT2D eigenvalue weighted by molar-refractivity contribution is -0.0437. The zero-order valence-electron chi connectivity index (χ0n) is 12.7. The molecule has 2 aliphatic heterocycles. The fourth-order valence-corrected chi connectivity index (χ4v) is 4.10. The van der Waals surface area contributed by atoms with Crippen LogP contribution < -0.4 is 0 Å². The van der Waals surface area contributed by atoms with Gasteiger partial charge in [-0.3, -0.25) is 0 Å². The van der Waals surface area contributed by atoms with Gasteiger partial charge in [0.1, 0.15) is 0 Å². The van der Waals surface area contributed by atoms with E-state index in [0.717, 1.165) is 24.7 Å². The minimum absolute atomic E-state index is 0.415. The van der Waals surface area contributed by atoms with Gasteiger partial charge in [-0.05, 0) is 30.1 Å². The monoisotopic (exact) mass is 288 g/mol. The summed E-state index contributed by atoms with van der Waals surface area (Å²) < 4.78 is 24.6. The van der Waals surface area contributed by atoms with Crippen LogP contribution in [0.1, 0.15) is 33.6 Å². The quantitative estimate of drug-likeness (QED) is 0.789. The van der Waals surface area contributed by atoms with Crippen LogP contribution in [0.4, 0.5) is 0 Å². The van der Waals surface area contributed by atoms with E-state index in [1.165, 1.54) is 25.9 Å². The summed E-state index contributed by atoms with van der Waals surface area (Å²) in [5.41, 5.74) is 0.415. The average molecular weight is 288 g/mol. The number of rotatable bonds is 4. The highest BCUT2D eigenvalue weighted by molar-refractivity contribution is 7.88. The molecule has 2 heterocycles. The summed E-state index contributed by atoms with van der Waals surface area (Å²) in [6.07, 6.45) is 3.39. The lowest BCUT2D eigenvalue weighted by atomic mass is 9.72. The molecule has 2 aliphatic rings. The molecule has 2 fully saturated rings. The standard InChI is InChI=1S/C14H28N2O2S/c1-12(2)13(3)9-15-10-14(11-15)5-7-16(8-6-14)19(4,17)18/h12-13H,5-11H2,1-4H3/t13-/m0/s1. The van der Waals surface area contributed by atoms with Crippen molar-refractivity contribution in [2.24, 2.45) is 17.3 Å². The van der Waals surface area contributed by atoms with Crippen LogP contribution >= 0.6 is 0 Å². The Balaban J connectivity index is 1.78. The summed E-state index contributed by atoms with van der Waals surface area (Å²) in [7, 11) is -2.98. The van der Waals surface area contributed by atoms with Crippen molar-refractivity contribution in [1.29, 1.82) is 0 Å². The Bertz CT molecular complexity index is 403. The topological polar surface area (TPSA) is 40.6 Å². The molecule has 5 heteroatoms. The smallest absolute Gasteiger partial charge is 0.211 e. The number of sulfonamides is 1. The molecule has 2 saturated heterocycles. The van der Waals surface area contributed by atoms with Gasteiger partial charge >= 0.3 is 0 Å². The zero-order chi connectivity index (χ0) is 14.3. The third kappa shape index (κ3) is 3.50. The van der Waals surface area contributed by atoms with Crippen molar-refractivity contribution in [3.63, 3.8) is 0 Å². The molecular formula is C14H28N2O2S. The number of hydrogen-bond donors (Lipinski definition) is 0. The molecule has 4 nitrogen and oxygen atoms in total. The minimum Gasteiger partial charge on any atom is -0.302 e. The van der Waals surface area contributed by atoms with Gasteiger partial charge in [-0.2, -0.15) is 0 Å². The van der Waals surface area contributed by atoms with Gasteiger partial charge in [-0.1, -0.05) is 20.8 Å². The molecule has 112 valence electrons. The van der Waals surface area contributed by atoms with E-state index in [2.05, 4.69) is 25.7 Å². The van der Waals surface area contributed by atoms with E-state index in [0.29, 0.717) is 18.5 Å². The normalized spacial score (nSPS) is 26.6. The summed E-state index contributed by atoms with van der Waals surface area (Å²) in [5, 5.41) is 0. The van der Waals surface area contributed by atoms with Gasteiger partial charge in [0.2, 0.25) is 10.0 Å². The summed E-state index contributed by atoms with van der Waals surface area (Å²) in [6.45, 7) is 11.8. The van der Waals surface area contributed by atoms with Crippen molar-refractivity contribution >= 4 is 10.0 Å². The molecule has 0 aromatic carbocycles. The van der Waals surface area contributed by atoms with Gasteiger partial charge in [0.05, 0.1) is 6.26 Å². The highest BCUT2D eigenvalue weighted by Crippen LogP contribution is 2.41. The molecule has 0 unspecified atom stereocenters. The van der Waals surface area contributed by atoms with E-state index in [4.69, 9.17) is 0 Å². The maximum absolute atomic E-state index is 11.5. The number of piperidine rings is 1. The van der Waals surface area contributed by atoms with Gasteiger partial charge in [0.15, 0.2) is 0 Å². The van der Waals surface area contributed by atoms with Gasteiger partial charge in [0.25, 0.3) is 0 Å². The zero-order valence-corrected chi connectivity index (χ0v) is 13.5. The first kappa shape index (κ1) is 15.3. The SMILES string of the molecule is CC(C)[C@@H](C)CN1CC2(CCN(S(C)(=O)=O)CC2)C1. The first-order valence-corrected chi connectivity index (χ1v) is 9.24. The molecule has 1 spiro atoms. The Kier molecular flexibility index (Phi) is 4.29. The van der Waals surface area contributed by atoms with Crippen LogP contribution in [0.2, 0.25) is 0 Å². The fourth-order valence-electron chi connectivity index (χ4n) is 3.26.